The highest BCUT2D eigenvalue weighted by Crippen LogP contribution is 2.43. The lowest BCUT2D eigenvalue weighted by atomic mass is 9.78. The third-order valence-electron chi connectivity index (χ3n) is 12.3. The third kappa shape index (κ3) is 12.7. The highest BCUT2D eigenvalue weighted by Gasteiger charge is 2.35. The number of hydrazine groups is 1. The van der Waals surface area contributed by atoms with Gasteiger partial charge in [0.2, 0.25) is 11.8 Å². The minimum atomic E-state index is -0.810. The quantitative estimate of drug-likeness (QED) is 0.160. The molecule has 9 heteroatoms. The van der Waals surface area contributed by atoms with Crippen LogP contribution in [0.15, 0.2) is 36.4 Å². The van der Waals surface area contributed by atoms with Crippen LogP contribution in [0.5, 0.6) is 17.2 Å². The molecule has 4 N–H and O–H groups in total. The van der Waals surface area contributed by atoms with E-state index in [0.717, 1.165) is 50.1 Å². The van der Waals surface area contributed by atoms with Crippen LogP contribution >= 0.6 is 0 Å². The molecular weight excluding hydrogens is 787 g/mol. The van der Waals surface area contributed by atoms with E-state index in [-0.39, 0.29) is 99.8 Å². The number of nitrogens with one attached hydrogen (secondary N) is 1. The number of aryl methyl sites for hydroxylation is 3. The van der Waals surface area contributed by atoms with Crippen molar-refractivity contribution < 1.29 is 29.7 Å². The van der Waals surface area contributed by atoms with Crippen LogP contribution in [0.25, 0.3) is 0 Å². The number of aromatic hydroxyl groups is 3. The number of carbonyl (C=O) groups excluding carboxylic acids is 3. The van der Waals surface area contributed by atoms with Crippen molar-refractivity contribution in [1.82, 2.24) is 15.3 Å². The minimum Gasteiger partial charge on any atom is -0.507 e. The Hall–Kier alpha value is -4.37. The number of rotatable bonds is 10. The molecule has 3 aromatic rings. The molecule has 0 aromatic heterocycles. The van der Waals surface area contributed by atoms with Crippen LogP contribution in [0.3, 0.4) is 0 Å². The second-order valence-electron chi connectivity index (χ2n) is 24.3. The van der Waals surface area contributed by atoms with E-state index in [2.05, 4.69) is 130 Å². The van der Waals surface area contributed by atoms with E-state index in [1.807, 2.05) is 36.4 Å². The van der Waals surface area contributed by atoms with Crippen molar-refractivity contribution in [2.24, 2.45) is 0 Å². The molecule has 1 heterocycles. The number of carbonyl (C=O) groups is 3. The van der Waals surface area contributed by atoms with Gasteiger partial charge in [-0.25, -0.2) is 5.43 Å². The molecule has 4 rings (SSSR count). The molecule has 1 aliphatic heterocycles. The maximum absolute atomic E-state index is 14.3. The monoisotopic (exact) mass is 868 g/mol. The number of hydrogen-bond acceptors (Lipinski definition) is 7. The van der Waals surface area contributed by atoms with Gasteiger partial charge in [-0.05, 0) is 102 Å². The third-order valence-corrected chi connectivity index (χ3v) is 12.3. The summed E-state index contributed by atoms with van der Waals surface area (Å²) in [6.07, 6.45) is 1.75. The van der Waals surface area contributed by atoms with E-state index in [9.17, 15) is 29.7 Å². The first-order valence-electron chi connectivity index (χ1n) is 23.0. The largest absolute Gasteiger partial charge is 0.507 e. The summed E-state index contributed by atoms with van der Waals surface area (Å²) in [6.45, 7) is 37.3. The summed E-state index contributed by atoms with van der Waals surface area (Å²) in [5.41, 5.74) is 9.13. The van der Waals surface area contributed by atoms with Crippen molar-refractivity contribution in [2.45, 2.75) is 202 Å². The Labute approximate surface area is 380 Å². The second kappa shape index (κ2) is 18.3. The predicted octanol–water partition coefficient (Wildman–Crippen LogP) is 10.9. The van der Waals surface area contributed by atoms with Crippen molar-refractivity contribution in [3.63, 3.8) is 0 Å². The molecule has 9 nitrogen and oxygen atoms in total. The van der Waals surface area contributed by atoms with Crippen LogP contribution in [0.4, 0.5) is 0 Å². The van der Waals surface area contributed by atoms with E-state index in [4.69, 9.17) is 0 Å². The van der Waals surface area contributed by atoms with Gasteiger partial charge in [-0.2, -0.15) is 0 Å². The van der Waals surface area contributed by atoms with Crippen molar-refractivity contribution >= 4 is 17.6 Å². The van der Waals surface area contributed by atoms with Crippen molar-refractivity contribution in [3.05, 3.63) is 86.5 Å². The fourth-order valence-electron chi connectivity index (χ4n) is 8.41. The topological polar surface area (TPSA) is 130 Å². The van der Waals surface area contributed by atoms with Gasteiger partial charge >= 0.3 is 0 Å². The molecule has 1 saturated heterocycles. The summed E-state index contributed by atoms with van der Waals surface area (Å²) in [5.74, 6) is 0.345. The maximum atomic E-state index is 14.3. The zero-order valence-electron chi connectivity index (χ0n) is 42.2. The highest BCUT2D eigenvalue weighted by molar-refractivity contribution is 5.87. The minimum absolute atomic E-state index is 0.00455. The van der Waals surface area contributed by atoms with Crippen LogP contribution in [-0.2, 0) is 66.1 Å². The number of benzene rings is 3. The van der Waals surface area contributed by atoms with Crippen LogP contribution in [0, 0.1) is 0 Å². The number of hydrogen-bond donors (Lipinski definition) is 4. The molecule has 1 atom stereocenters. The van der Waals surface area contributed by atoms with E-state index in [1.54, 1.807) is 4.90 Å². The maximum Gasteiger partial charge on any atom is 0.238 e. The first-order valence-corrected chi connectivity index (χ1v) is 23.0. The highest BCUT2D eigenvalue weighted by atomic mass is 16.3. The number of ketones is 1. The lowest BCUT2D eigenvalue weighted by molar-refractivity contribution is -0.151. The van der Waals surface area contributed by atoms with Gasteiger partial charge in [0.05, 0.1) is 0 Å². The summed E-state index contributed by atoms with van der Waals surface area (Å²) < 4.78 is 0. The van der Waals surface area contributed by atoms with E-state index < -0.39 is 6.04 Å². The van der Waals surface area contributed by atoms with Gasteiger partial charge < -0.3 is 20.2 Å². The summed E-state index contributed by atoms with van der Waals surface area (Å²) in [4.78, 5) is 44.3. The lowest BCUT2D eigenvalue weighted by Crippen LogP contribution is -2.64. The van der Waals surface area contributed by atoms with E-state index in [1.165, 1.54) is 5.01 Å². The zero-order chi connectivity index (χ0) is 48.0. The lowest BCUT2D eigenvalue weighted by Gasteiger charge is -2.40. The average Bonchev–Trinajstić information content (AvgIpc) is 3.13. The van der Waals surface area contributed by atoms with Crippen LogP contribution in [-0.4, -0.2) is 62.1 Å². The zero-order valence-corrected chi connectivity index (χ0v) is 42.2. The Balaban J connectivity index is 1.65. The van der Waals surface area contributed by atoms with Gasteiger partial charge in [-0.3, -0.25) is 19.4 Å². The van der Waals surface area contributed by atoms with Gasteiger partial charge in [-0.1, -0.05) is 161 Å². The normalized spacial score (nSPS) is 15.8. The Morgan fingerprint density at radius 1 is 0.476 bits per heavy atom. The van der Waals surface area contributed by atoms with Gasteiger partial charge in [0.1, 0.15) is 30.0 Å². The number of nitrogens with zero attached hydrogens (tertiary/aromatic N) is 2. The van der Waals surface area contributed by atoms with Gasteiger partial charge in [-0.15, -0.1) is 0 Å². The summed E-state index contributed by atoms with van der Waals surface area (Å²) in [5, 5.41) is 35.4. The molecular formula is C54H81N3O6. The van der Waals surface area contributed by atoms with Gasteiger partial charge in [0, 0.05) is 25.8 Å². The standard InChI is InChI=1S/C54H81N3O6/c1-49(2,3)36-25-33(26-37(46(36)61)50(4,5)6)19-22-43(58)42-31-56(44(59)23-20-34-27-38(51(7,8)9)47(62)39(28-34)52(10,11)12)32-57(55-42)45(60)24-21-35-29-40(53(13,14)15)48(63)41(30-35)54(16,17)18/h25-30,42,55,61-63H,19-24,31-32H2,1-18H3. The molecule has 63 heavy (non-hydrogen) atoms. The van der Waals surface area contributed by atoms with E-state index >= 15 is 0 Å². The van der Waals surface area contributed by atoms with Crippen LogP contribution < -0.4 is 5.43 Å². The smallest absolute Gasteiger partial charge is 0.238 e. The molecule has 1 aliphatic rings. The average molecular weight is 868 g/mol. The first kappa shape index (κ1) is 51.3. The molecule has 1 unspecified atom stereocenters. The number of phenols is 3. The molecule has 0 bridgehead atoms. The molecule has 0 radical (unpaired) electrons. The first-order chi connectivity index (χ1) is 28.5. The Morgan fingerprint density at radius 2 is 0.746 bits per heavy atom. The fraction of sp³-hybridized carbons (Fsp3) is 0.611. The number of phenolic OH excluding ortho intramolecular Hbond substituents is 3. The molecule has 0 aliphatic carbocycles. The Morgan fingerprint density at radius 3 is 1.03 bits per heavy atom. The number of Topliss-reactive ketones (excluding diaryl/α,β-unsaturated/α-hetero) is 1. The molecule has 0 spiro atoms. The fourth-order valence-corrected chi connectivity index (χ4v) is 8.41. The van der Waals surface area contributed by atoms with Crippen molar-refractivity contribution in [2.75, 3.05) is 13.2 Å². The van der Waals surface area contributed by atoms with E-state index in [0.29, 0.717) is 19.3 Å². The van der Waals surface area contributed by atoms with Crippen molar-refractivity contribution in [3.8, 4) is 17.2 Å². The number of amides is 2. The molecule has 1 fully saturated rings. The summed E-state index contributed by atoms with van der Waals surface area (Å²) in [7, 11) is 0. The second-order valence-corrected chi connectivity index (χ2v) is 24.3. The van der Waals surface area contributed by atoms with Gasteiger partial charge in [0.25, 0.3) is 0 Å². The van der Waals surface area contributed by atoms with Crippen LogP contribution in [0.1, 0.15) is 194 Å². The Kier molecular flexibility index (Phi) is 14.9. The summed E-state index contributed by atoms with van der Waals surface area (Å²) >= 11 is 0. The van der Waals surface area contributed by atoms with Crippen molar-refractivity contribution in [1.29, 1.82) is 0 Å². The molecule has 0 saturated carbocycles. The molecule has 3 aromatic carbocycles. The molecule has 2 amide bonds. The summed E-state index contributed by atoms with van der Waals surface area (Å²) in [6, 6.07) is 11.2. The van der Waals surface area contributed by atoms with Crippen LogP contribution in [0.2, 0.25) is 0 Å². The van der Waals surface area contributed by atoms with Gasteiger partial charge in [0.15, 0.2) is 5.78 Å². The SMILES string of the molecule is CC(C)(C)c1cc(CCC(=O)C2CN(C(=O)CCc3cc(C(C)(C)C)c(O)c(C(C)(C)C)c3)CN(C(=O)CCc3cc(C(C)(C)C)c(O)c(C(C)(C)C)c3)N2)cc(C(C)(C)C)c1O. The predicted molar refractivity (Wildman–Crippen MR) is 257 cm³/mol. The molecule has 348 valence electrons. The Bertz CT molecular complexity index is 1820.